The number of primary amides is 1. The first-order valence-electron chi connectivity index (χ1n) is 13.9. The van der Waals surface area contributed by atoms with Gasteiger partial charge in [-0.05, 0) is 84.8 Å². The van der Waals surface area contributed by atoms with Gasteiger partial charge < -0.3 is 11.5 Å². The van der Waals surface area contributed by atoms with E-state index in [2.05, 4.69) is 25.6 Å². The zero-order valence-electron chi connectivity index (χ0n) is 23.2. The van der Waals surface area contributed by atoms with Crippen molar-refractivity contribution in [2.45, 2.75) is 44.3 Å². The number of carbonyl (C=O) groups excluding carboxylic acids is 2. The van der Waals surface area contributed by atoms with E-state index in [4.69, 9.17) is 11.5 Å². The average Bonchev–Trinajstić information content (AvgIpc) is 3.56. The Morgan fingerprint density at radius 3 is 2.37 bits per heavy atom. The van der Waals surface area contributed by atoms with Gasteiger partial charge in [0.2, 0.25) is 17.6 Å². The molecule has 0 aliphatic heterocycles. The molecule has 4 aromatic rings. The Balaban J connectivity index is 1.50. The highest BCUT2D eigenvalue weighted by Gasteiger charge is 2.37. The maximum absolute atomic E-state index is 14.1. The van der Waals surface area contributed by atoms with Crippen LogP contribution in [0.25, 0.3) is 22.5 Å². The fourth-order valence-corrected chi connectivity index (χ4v) is 5.63. The molecule has 1 aliphatic carbocycles. The lowest BCUT2D eigenvalue weighted by atomic mass is 9.81. The fraction of sp³-hybridized carbons (Fsp3) is 0.333. The molecule has 2 aromatic carbocycles. The molecule has 224 valence electrons. The van der Waals surface area contributed by atoms with Gasteiger partial charge in [-0.3, -0.25) is 19.5 Å². The van der Waals surface area contributed by atoms with Gasteiger partial charge in [0.05, 0.1) is 0 Å². The van der Waals surface area contributed by atoms with E-state index in [-0.39, 0.29) is 29.4 Å². The molecule has 0 bridgehead atoms. The van der Waals surface area contributed by atoms with Crippen molar-refractivity contribution in [2.75, 3.05) is 11.4 Å². The lowest BCUT2D eigenvalue weighted by Gasteiger charge is -2.35. The van der Waals surface area contributed by atoms with Gasteiger partial charge in [0.1, 0.15) is 6.04 Å². The molecule has 2 amide bonds. The first kappa shape index (κ1) is 29.8. The van der Waals surface area contributed by atoms with E-state index in [1.807, 2.05) is 0 Å². The van der Waals surface area contributed by atoms with Crippen molar-refractivity contribution in [3.05, 3.63) is 78.1 Å². The number of H-pyrrole nitrogens is 1. The van der Waals surface area contributed by atoms with E-state index in [0.29, 0.717) is 47.9 Å². The Bertz CT molecular complexity index is 1550. The van der Waals surface area contributed by atoms with Crippen LogP contribution < -0.4 is 16.4 Å². The third-order valence-corrected chi connectivity index (χ3v) is 7.90. The van der Waals surface area contributed by atoms with E-state index >= 15 is 0 Å². The summed E-state index contributed by atoms with van der Waals surface area (Å²) in [6.45, 7) is 0.551. The summed E-state index contributed by atoms with van der Waals surface area (Å²) in [7, 11) is 0. The van der Waals surface area contributed by atoms with Gasteiger partial charge in [-0.1, -0.05) is 30.3 Å². The molecule has 2 heterocycles. The number of hydrogen-bond donors (Lipinski definition) is 3. The average molecular weight is 593 g/mol. The molecule has 0 saturated heterocycles. The minimum absolute atomic E-state index is 0.0126. The Hall–Kier alpha value is -4.65. The van der Waals surface area contributed by atoms with Crippen LogP contribution >= 0.6 is 0 Å². The van der Waals surface area contributed by atoms with Crippen molar-refractivity contribution < 1.29 is 22.8 Å². The van der Waals surface area contributed by atoms with Crippen LogP contribution in [0, 0.1) is 11.8 Å². The normalized spacial score (nSPS) is 17.8. The summed E-state index contributed by atoms with van der Waals surface area (Å²) in [5, 5.41) is 13.9. The van der Waals surface area contributed by atoms with Gasteiger partial charge in [0.25, 0.3) is 0 Å². The molecular formula is C30H31F3N8O2. The van der Waals surface area contributed by atoms with Crippen LogP contribution in [-0.2, 0) is 22.2 Å². The van der Waals surface area contributed by atoms with Crippen molar-refractivity contribution in [2.24, 2.45) is 23.3 Å². The molecule has 5 rings (SSSR count). The summed E-state index contributed by atoms with van der Waals surface area (Å²) >= 11 is 0. The molecule has 2 aromatic heterocycles. The number of alkyl halides is 3. The summed E-state index contributed by atoms with van der Waals surface area (Å²) in [4.78, 5) is 32.1. The number of pyridine rings is 1. The van der Waals surface area contributed by atoms with Crippen LogP contribution in [0.1, 0.15) is 36.9 Å². The van der Waals surface area contributed by atoms with Crippen LogP contribution in [0.5, 0.6) is 0 Å². The Kier molecular flexibility index (Phi) is 8.81. The minimum Gasteiger partial charge on any atom is -0.368 e. The smallest absolute Gasteiger partial charge is 0.368 e. The van der Waals surface area contributed by atoms with Gasteiger partial charge in [0.15, 0.2) is 5.69 Å². The third kappa shape index (κ3) is 6.72. The van der Waals surface area contributed by atoms with E-state index in [9.17, 15) is 22.8 Å². The van der Waals surface area contributed by atoms with Gasteiger partial charge in [-0.25, -0.2) is 0 Å². The summed E-state index contributed by atoms with van der Waals surface area (Å²) < 4.78 is 41.1. The number of tetrazole rings is 1. The maximum Gasteiger partial charge on any atom is 0.433 e. The molecule has 1 fully saturated rings. The number of rotatable bonds is 9. The molecule has 43 heavy (non-hydrogen) atoms. The number of nitrogens with two attached hydrogens (primary N) is 2. The number of hydrogen-bond acceptors (Lipinski definition) is 7. The number of nitrogens with one attached hydrogen (secondary N) is 1. The molecule has 5 N–H and O–H groups in total. The summed E-state index contributed by atoms with van der Waals surface area (Å²) in [5.41, 5.74) is 12.6. The predicted molar refractivity (Wildman–Crippen MR) is 153 cm³/mol. The number of aromatic amines is 1. The number of aromatic nitrogens is 5. The fourth-order valence-electron chi connectivity index (χ4n) is 5.63. The number of nitrogens with zero attached hydrogens (tertiary/aromatic N) is 5. The van der Waals surface area contributed by atoms with Crippen LogP contribution in [-0.4, -0.2) is 50.0 Å². The molecule has 10 nitrogen and oxygen atoms in total. The summed E-state index contributed by atoms with van der Waals surface area (Å²) in [6, 6.07) is 14.9. The monoisotopic (exact) mass is 592 g/mol. The lowest BCUT2D eigenvalue weighted by Crippen LogP contribution is -2.52. The van der Waals surface area contributed by atoms with Gasteiger partial charge >= 0.3 is 6.18 Å². The van der Waals surface area contributed by atoms with E-state index < -0.39 is 23.8 Å². The van der Waals surface area contributed by atoms with Crippen molar-refractivity contribution in [3.8, 4) is 22.5 Å². The highest BCUT2D eigenvalue weighted by molar-refractivity contribution is 6.01. The molecule has 1 saturated carbocycles. The number of benzene rings is 2. The molecule has 13 heteroatoms. The quantitative estimate of drug-likeness (QED) is 0.264. The van der Waals surface area contributed by atoms with Gasteiger partial charge in [0, 0.05) is 35.3 Å². The Morgan fingerprint density at radius 1 is 1.00 bits per heavy atom. The van der Waals surface area contributed by atoms with Gasteiger partial charge in [-0.15, -0.1) is 10.2 Å². The van der Waals surface area contributed by atoms with Gasteiger partial charge in [-0.2, -0.15) is 18.4 Å². The van der Waals surface area contributed by atoms with Crippen molar-refractivity contribution in [1.82, 2.24) is 25.6 Å². The maximum atomic E-state index is 14.1. The van der Waals surface area contributed by atoms with Crippen molar-refractivity contribution in [1.29, 1.82) is 0 Å². The highest BCUT2D eigenvalue weighted by atomic mass is 19.4. The van der Waals surface area contributed by atoms with E-state index in [0.717, 1.165) is 19.0 Å². The topological polar surface area (TPSA) is 157 Å². The second-order valence-corrected chi connectivity index (χ2v) is 10.7. The first-order valence-corrected chi connectivity index (χ1v) is 13.9. The molecular weight excluding hydrogens is 561 g/mol. The number of anilines is 1. The zero-order valence-corrected chi connectivity index (χ0v) is 23.2. The predicted octanol–water partition coefficient (Wildman–Crippen LogP) is 4.14. The lowest BCUT2D eigenvalue weighted by molar-refractivity contribution is -0.140. The van der Waals surface area contributed by atoms with Crippen LogP contribution in [0.15, 0.2) is 66.9 Å². The van der Waals surface area contributed by atoms with Crippen molar-refractivity contribution in [3.63, 3.8) is 0 Å². The first-order chi connectivity index (χ1) is 20.7. The SMILES string of the molecule is NCC1CCC(C(=O)N(c2ccc(-c3nn[nH]n3)cc2)[C@@H](Cc2cccc(-c3cccnc3C(F)(F)F)c2)C(N)=O)CC1. The number of halogens is 3. The minimum atomic E-state index is -4.65. The molecule has 0 radical (unpaired) electrons. The number of carbonyl (C=O) groups is 2. The van der Waals surface area contributed by atoms with Crippen LogP contribution in [0.4, 0.5) is 18.9 Å². The van der Waals surface area contributed by atoms with Crippen molar-refractivity contribution >= 4 is 17.5 Å². The zero-order chi connectivity index (χ0) is 30.6. The molecule has 1 aliphatic rings. The third-order valence-electron chi connectivity index (χ3n) is 7.90. The molecule has 0 unspecified atom stereocenters. The Labute approximate surface area is 245 Å². The Morgan fingerprint density at radius 2 is 1.74 bits per heavy atom. The molecule has 0 spiro atoms. The summed E-state index contributed by atoms with van der Waals surface area (Å²) in [5.74, 6) is -0.613. The van der Waals surface area contributed by atoms with Crippen LogP contribution in [0.2, 0.25) is 0 Å². The molecule has 1 atom stereocenters. The van der Waals surface area contributed by atoms with E-state index in [1.54, 1.807) is 48.5 Å². The standard InChI is InChI=1S/C30H31F3N8O2/c31-30(32,33)26-24(5-2-14-36-26)22-4-1-3-19(15-22)16-25(27(35)42)41(29(43)21-8-6-18(17-34)7-9-21)23-12-10-20(11-13-23)28-37-39-40-38-28/h1-5,10-15,18,21,25H,6-9,16-17,34H2,(H2,35,42)(H,37,38,39,40)/t18?,21?,25-/m0/s1. The highest BCUT2D eigenvalue weighted by Crippen LogP contribution is 2.36. The van der Waals surface area contributed by atoms with Crippen LogP contribution in [0.3, 0.4) is 0 Å². The largest absolute Gasteiger partial charge is 0.433 e. The second kappa shape index (κ2) is 12.7. The summed E-state index contributed by atoms with van der Waals surface area (Å²) in [6.07, 6.45) is -0.723. The second-order valence-electron chi connectivity index (χ2n) is 10.7. The van der Waals surface area contributed by atoms with E-state index in [1.165, 1.54) is 17.0 Å². The number of amides is 2.